The molecule has 0 amide bonds. The van der Waals surface area contributed by atoms with Crippen molar-refractivity contribution < 1.29 is 4.79 Å². The van der Waals surface area contributed by atoms with Gasteiger partial charge in [-0.2, -0.15) is 5.10 Å². The Kier molecular flexibility index (Phi) is 3.84. The largest absolute Gasteiger partial charge is 0.278 e. The molecule has 0 spiro atoms. The smallest absolute Gasteiger partial charge is 0.267 e. The molecule has 0 aliphatic heterocycles. The van der Waals surface area contributed by atoms with Gasteiger partial charge in [-0.3, -0.25) is 4.79 Å². The molecule has 0 saturated carbocycles. The third-order valence-electron chi connectivity index (χ3n) is 3.27. The maximum Gasteiger partial charge on any atom is 0.278 e. The summed E-state index contributed by atoms with van der Waals surface area (Å²) in [5, 5.41) is 4.41. The van der Waals surface area contributed by atoms with Crippen LogP contribution in [-0.2, 0) is 6.42 Å². The first-order valence-corrected chi connectivity index (χ1v) is 6.65. The van der Waals surface area contributed by atoms with Gasteiger partial charge in [0.25, 0.3) is 5.91 Å². The Labute approximate surface area is 114 Å². The van der Waals surface area contributed by atoms with Gasteiger partial charge in [0.1, 0.15) is 0 Å². The van der Waals surface area contributed by atoms with Crippen molar-refractivity contribution in [1.29, 1.82) is 0 Å². The summed E-state index contributed by atoms with van der Waals surface area (Å²) < 4.78 is 1.53. The summed E-state index contributed by atoms with van der Waals surface area (Å²) >= 11 is 0. The number of aromatic nitrogens is 2. The van der Waals surface area contributed by atoms with Crippen molar-refractivity contribution in [3.05, 3.63) is 52.8 Å². The molecule has 1 aromatic carbocycles. The third-order valence-corrected chi connectivity index (χ3v) is 3.27. The molecule has 1 aromatic heterocycles. The minimum Gasteiger partial charge on any atom is -0.267 e. The summed E-state index contributed by atoms with van der Waals surface area (Å²) in [7, 11) is 0. The van der Waals surface area contributed by atoms with Gasteiger partial charge >= 0.3 is 0 Å². The number of benzene rings is 1. The number of aryl methyl sites for hydroxylation is 1. The molecule has 0 N–H and O–H groups in total. The SMILES string of the molecule is Cc1nn(C(=O)c2ccccc2)c(C)c1CC(C)C. The number of carbonyl (C=O) groups excluding carboxylic acids is 1. The molecule has 0 saturated heterocycles. The monoisotopic (exact) mass is 256 g/mol. The molecule has 3 nitrogen and oxygen atoms in total. The maximum atomic E-state index is 12.4. The average molecular weight is 256 g/mol. The quantitative estimate of drug-likeness (QED) is 0.843. The highest BCUT2D eigenvalue weighted by Gasteiger charge is 2.18. The van der Waals surface area contributed by atoms with Crippen LogP contribution in [0.4, 0.5) is 0 Å². The highest BCUT2D eigenvalue weighted by atomic mass is 16.2. The fourth-order valence-corrected chi connectivity index (χ4v) is 2.28. The van der Waals surface area contributed by atoms with Gasteiger partial charge in [-0.15, -0.1) is 0 Å². The molecular weight excluding hydrogens is 236 g/mol. The van der Waals surface area contributed by atoms with Gasteiger partial charge in [-0.05, 0) is 43.9 Å². The Bertz CT molecular complexity index is 582. The number of rotatable bonds is 3. The summed E-state index contributed by atoms with van der Waals surface area (Å²) in [6, 6.07) is 9.28. The predicted molar refractivity (Wildman–Crippen MR) is 76.4 cm³/mol. The van der Waals surface area contributed by atoms with E-state index in [0.29, 0.717) is 11.5 Å². The first-order valence-electron chi connectivity index (χ1n) is 6.65. The molecule has 1 heterocycles. The lowest BCUT2D eigenvalue weighted by molar-refractivity contribution is 0.0942. The van der Waals surface area contributed by atoms with E-state index in [1.807, 2.05) is 44.2 Å². The molecule has 0 fully saturated rings. The average Bonchev–Trinajstić information content (AvgIpc) is 2.66. The van der Waals surface area contributed by atoms with E-state index in [1.54, 1.807) is 0 Å². The lowest BCUT2D eigenvalue weighted by Gasteiger charge is -2.06. The Morgan fingerprint density at radius 3 is 2.42 bits per heavy atom. The highest BCUT2D eigenvalue weighted by molar-refractivity contribution is 5.95. The molecule has 0 aliphatic rings. The summed E-state index contributed by atoms with van der Waals surface area (Å²) in [6.07, 6.45) is 0.958. The Morgan fingerprint density at radius 2 is 1.84 bits per heavy atom. The standard InChI is InChI=1S/C16H20N2O/c1-11(2)10-15-12(3)17-18(13(15)4)16(19)14-8-6-5-7-9-14/h5-9,11H,10H2,1-4H3. The van der Waals surface area contributed by atoms with E-state index in [4.69, 9.17) is 0 Å². The molecule has 0 aliphatic carbocycles. The van der Waals surface area contributed by atoms with E-state index in [0.717, 1.165) is 17.8 Å². The molecule has 2 aromatic rings. The van der Waals surface area contributed by atoms with Crippen LogP contribution in [0.15, 0.2) is 30.3 Å². The zero-order valence-electron chi connectivity index (χ0n) is 12.0. The minimum atomic E-state index is -0.0591. The van der Waals surface area contributed by atoms with E-state index in [9.17, 15) is 4.79 Å². The zero-order valence-corrected chi connectivity index (χ0v) is 12.0. The normalized spacial score (nSPS) is 11.0. The molecule has 0 unspecified atom stereocenters. The van der Waals surface area contributed by atoms with Crippen molar-refractivity contribution in [3.63, 3.8) is 0 Å². The molecule has 0 bridgehead atoms. The molecular formula is C16H20N2O. The molecule has 2 rings (SSSR count). The summed E-state index contributed by atoms with van der Waals surface area (Å²) in [4.78, 5) is 12.4. The third kappa shape index (κ3) is 2.75. The first-order chi connectivity index (χ1) is 9.00. The van der Waals surface area contributed by atoms with Gasteiger partial charge in [0.2, 0.25) is 0 Å². The van der Waals surface area contributed by atoms with Crippen LogP contribution in [0, 0.1) is 19.8 Å². The number of carbonyl (C=O) groups is 1. The molecule has 0 atom stereocenters. The number of nitrogens with zero attached hydrogens (tertiary/aromatic N) is 2. The van der Waals surface area contributed by atoms with Crippen molar-refractivity contribution in [1.82, 2.24) is 9.78 Å². The van der Waals surface area contributed by atoms with Crippen LogP contribution in [0.3, 0.4) is 0 Å². The fraction of sp³-hybridized carbons (Fsp3) is 0.375. The van der Waals surface area contributed by atoms with Crippen molar-refractivity contribution >= 4 is 5.91 Å². The van der Waals surface area contributed by atoms with Crippen LogP contribution in [0.2, 0.25) is 0 Å². The van der Waals surface area contributed by atoms with Gasteiger partial charge in [0.15, 0.2) is 0 Å². The van der Waals surface area contributed by atoms with E-state index in [1.165, 1.54) is 10.2 Å². The van der Waals surface area contributed by atoms with Crippen LogP contribution in [0.5, 0.6) is 0 Å². The van der Waals surface area contributed by atoms with Gasteiger partial charge in [-0.25, -0.2) is 4.68 Å². The summed E-state index contributed by atoms with van der Waals surface area (Å²) in [5.41, 5.74) is 3.78. The number of hydrogen-bond donors (Lipinski definition) is 0. The second-order valence-corrected chi connectivity index (χ2v) is 5.33. The molecule has 100 valence electrons. The van der Waals surface area contributed by atoms with Crippen LogP contribution in [-0.4, -0.2) is 15.7 Å². The van der Waals surface area contributed by atoms with Crippen LogP contribution in [0.25, 0.3) is 0 Å². The Morgan fingerprint density at radius 1 is 1.21 bits per heavy atom. The van der Waals surface area contributed by atoms with E-state index in [-0.39, 0.29) is 5.91 Å². The Balaban J connectivity index is 2.39. The van der Waals surface area contributed by atoms with Gasteiger partial charge < -0.3 is 0 Å². The van der Waals surface area contributed by atoms with Crippen LogP contribution < -0.4 is 0 Å². The van der Waals surface area contributed by atoms with Crippen LogP contribution in [0.1, 0.15) is 41.2 Å². The van der Waals surface area contributed by atoms with Gasteiger partial charge in [-0.1, -0.05) is 32.0 Å². The molecule has 19 heavy (non-hydrogen) atoms. The second kappa shape index (κ2) is 5.39. The van der Waals surface area contributed by atoms with E-state index in [2.05, 4.69) is 18.9 Å². The minimum absolute atomic E-state index is 0.0591. The molecule has 3 heteroatoms. The lowest BCUT2D eigenvalue weighted by atomic mass is 10.0. The second-order valence-electron chi connectivity index (χ2n) is 5.33. The molecule has 0 radical (unpaired) electrons. The Hall–Kier alpha value is -1.90. The van der Waals surface area contributed by atoms with Gasteiger partial charge in [0, 0.05) is 11.3 Å². The topological polar surface area (TPSA) is 34.9 Å². The first kappa shape index (κ1) is 13.5. The van der Waals surface area contributed by atoms with Crippen molar-refractivity contribution in [2.75, 3.05) is 0 Å². The lowest BCUT2D eigenvalue weighted by Crippen LogP contribution is -2.15. The summed E-state index contributed by atoms with van der Waals surface area (Å²) in [6.45, 7) is 8.29. The van der Waals surface area contributed by atoms with Gasteiger partial charge in [0.05, 0.1) is 5.69 Å². The van der Waals surface area contributed by atoms with E-state index >= 15 is 0 Å². The zero-order chi connectivity index (χ0) is 14.0. The highest BCUT2D eigenvalue weighted by Crippen LogP contribution is 2.18. The predicted octanol–water partition coefficient (Wildman–Crippen LogP) is 3.39. The van der Waals surface area contributed by atoms with Crippen molar-refractivity contribution in [3.8, 4) is 0 Å². The van der Waals surface area contributed by atoms with Crippen molar-refractivity contribution in [2.45, 2.75) is 34.1 Å². The fourth-order valence-electron chi connectivity index (χ4n) is 2.28. The van der Waals surface area contributed by atoms with Crippen LogP contribution >= 0.6 is 0 Å². The maximum absolute atomic E-state index is 12.4. The summed E-state index contributed by atoms with van der Waals surface area (Å²) in [5.74, 6) is 0.498. The van der Waals surface area contributed by atoms with Crippen molar-refractivity contribution in [2.24, 2.45) is 5.92 Å². The number of hydrogen-bond acceptors (Lipinski definition) is 2. The van der Waals surface area contributed by atoms with E-state index < -0.39 is 0 Å².